The average molecular weight is 533 g/mol. The fraction of sp³-hybridized carbons (Fsp3) is 0.222. The van der Waals surface area contributed by atoms with E-state index in [9.17, 15) is 53.1 Å². The molecule has 190 valence electrons. The second-order valence-electron chi connectivity index (χ2n) is 7.07. The minimum atomic E-state index is -4.70. The highest BCUT2D eigenvalue weighted by Gasteiger charge is 2.51. The molecule has 8 nitrogen and oxygen atoms in total. The van der Waals surface area contributed by atoms with E-state index in [1.807, 2.05) is 0 Å². The summed E-state index contributed by atoms with van der Waals surface area (Å²) in [6.45, 7) is -1.46. The highest BCUT2D eigenvalue weighted by atomic mass is 32.2. The molecule has 35 heavy (non-hydrogen) atoms. The van der Waals surface area contributed by atoms with Gasteiger partial charge < -0.3 is 4.74 Å². The van der Waals surface area contributed by atoms with Gasteiger partial charge in [0.1, 0.15) is 12.4 Å². The van der Waals surface area contributed by atoms with Crippen molar-refractivity contribution in [2.45, 2.75) is 6.11 Å². The smallest absolute Gasteiger partial charge is 0.423 e. The fourth-order valence-electron chi connectivity index (χ4n) is 2.89. The van der Waals surface area contributed by atoms with Crippen molar-refractivity contribution in [3.8, 4) is 16.9 Å². The maximum Gasteiger partial charge on any atom is 0.482 e. The highest BCUT2D eigenvalue weighted by Crippen LogP contribution is 2.44. The predicted molar refractivity (Wildman–Crippen MR) is 100 cm³/mol. The monoisotopic (exact) mass is 533 g/mol. The average Bonchev–Trinajstić information content (AvgIpc) is 2.74. The summed E-state index contributed by atoms with van der Waals surface area (Å²) in [7, 11) is -2.46. The van der Waals surface area contributed by atoms with Gasteiger partial charge in [-0.3, -0.25) is 14.5 Å². The molecule has 2 amide bonds. The predicted octanol–water partition coefficient (Wildman–Crippen LogP) is 2.43. The van der Waals surface area contributed by atoms with Gasteiger partial charge in [0, 0.05) is 25.7 Å². The lowest BCUT2D eigenvalue weighted by atomic mass is 10.0. The van der Waals surface area contributed by atoms with E-state index in [-0.39, 0.29) is 17.0 Å². The Bertz CT molecular complexity index is 1340. The molecular weight excluding hydrogens is 522 g/mol. The van der Waals surface area contributed by atoms with Crippen molar-refractivity contribution in [2.24, 2.45) is 0 Å². The van der Waals surface area contributed by atoms with Crippen LogP contribution in [0.2, 0.25) is 0 Å². The SMILES string of the molecule is CN(C)S(=O)(=O)NC(=O)CN1C(=O)C(F)(F)Oc2cc(F)c(-c3c(F)c(F)c(F)c(F)c3F)cc21. The summed E-state index contributed by atoms with van der Waals surface area (Å²) in [5.41, 5.74) is -4.13. The summed E-state index contributed by atoms with van der Waals surface area (Å²) in [5, 5.41) is 0. The lowest BCUT2D eigenvalue weighted by molar-refractivity contribution is -0.192. The highest BCUT2D eigenvalue weighted by molar-refractivity contribution is 7.87. The third kappa shape index (κ3) is 4.47. The van der Waals surface area contributed by atoms with Gasteiger partial charge in [0.25, 0.3) is 5.91 Å². The van der Waals surface area contributed by atoms with E-state index in [2.05, 4.69) is 4.74 Å². The van der Waals surface area contributed by atoms with Gasteiger partial charge in [0.15, 0.2) is 29.0 Å². The molecule has 0 aromatic heterocycles. The number of amides is 2. The number of benzene rings is 2. The number of carbonyl (C=O) groups excluding carboxylic acids is 2. The molecule has 0 aliphatic carbocycles. The number of halogens is 8. The number of nitrogens with zero attached hydrogens (tertiary/aromatic N) is 2. The van der Waals surface area contributed by atoms with Gasteiger partial charge in [-0.15, -0.1) is 0 Å². The van der Waals surface area contributed by atoms with Crippen LogP contribution in [0.3, 0.4) is 0 Å². The summed E-state index contributed by atoms with van der Waals surface area (Å²) in [6, 6.07) is 0.286. The number of hydrogen-bond acceptors (Lipinski definition) is 5. The van der Waals surface area contributed by atoms with E-state index >= 15 is 0 Å². The summed E-state index contributed by atoms with van der Waals surface area (Å²) < 4.78 is 141. The molecule has 0 spiro atoms. The van der Waals surface area contributed by atoms with Gasteiger partial charge >= 0.3 is 22.2 Å². The van der Waals surface area contributed by atoms with Crippen molar-refractivity contribution >= 4 is 27.7 Å². The number of alkyl halides is 2. The number of rotatable bonds is 5. The molecule has 1 heterocycles. The molecule has 1 N–H and O–H groups in total. The zero-order chi connectivity index (χ0) is 26.6. The van der Waals surface area contributed by atoms with Crippen molar-refractivity contribution in [1.29, 1.82) is 0 Å². The van der Waals surface area contributed by atoms with Crippen LogP contribution in [0.5, 0.6) is 5.75 Å². The number of ether oxygens (including phenoxy) is 1. The van der Waals surface area contributed by atoms with Crippen molar-refractivity contribution in [2.75, 3.05) is 25.5 Å². The molecule has 1 aliphatic rings. The van der Waals surface area contributed by atoms with E-state index in [1.165, 1.54) is 4.72 Å². The Morgan fingerprint density at radius 1 is 1.00 bits per heavy atom. The molecule has 0 saturated carbocycles. The molecule has 0 atom stereocenters. The minimum absolute atomic E-state index is 0.0601. The van der Waals surface area contributed by atoms with Gasteiger partial charge in [0.05, 0.1) is 11.3 Å². The molecule has 2 aromatic carbocycles. The molecular formula is C18H11F8N3O5S. The Kier molecular flexibility index (Phi) is 6.45. The van der Waals surface area contributed by atoms with Crippen molar-refractivity contribution in [3.63, 3.8) is 0 Å². The Morgan fingerprint density at radius 2 is 1.51 bits per heavy atom. The Morgan fingerprint density at radius 3 is 2.03 bits per heavy atom. The van der Waals surface area contributed by atoms with Crippen LogP contribution in [0.1, 0.15) is 0 Å². The summed E-state index contributed by atoms with van der Waals surface area (Å²) in [4.78, 5) is 24.2. The van der Waals surface area contributed by atoms with Crippen LogP contribution in [0, 0.1) is 34.9 Å². The fourth-order valence-corrected chi connectivity index (χ4v) is 3.42. The number of hydrogen-bond donors (Lipinski definition) is 1. The minimum Gasteiger partial charge on any atom is -0.423 e. The van der Waals surface area contributed by atoms with Gasteiger partial charge in [0.2, 0.25) is 5.82 Å². The summed E-state index contributed by atoms with van der Waals surface area (Å²) in [6.07, 6.45) is -4.70. The van der Waals surface area contributed by atoms with Gasteiger partial charge in [-0.05, 0) is 6.07 Å². The molecule has 0 fully saturated rings. The van der Waals surface area contributed by atoms with E-state index in [4.69, 9.17) is 0 Å². The molecule has 17 heteroatoms. The number of carbonyl (C=O) groups is 2. The van der Waals surface area contributed by atoms with Gasteiger partial charge in [-0.1, -0.05) is 0 Å². The van der Waals surface area contributed by atoms with Crippen LogP contribution in [0.15, 0.2) is 12.1 Å². The first-order valence-electron chi connectivity index (χ1n) is 8.96. The van der Waals surface area contributed by atoms with Crippen LogP contribution in [0.25, 0.3) is 11.1 Å². The molecule has 0 bridgehead atoms. The topological polar surface area (TPSA) is 96.0 Å². The maximum absolute atomic E-state index is 14.6. The van der Waals surface area contributed by atoms with Crippen LogP contribution < -0.4 is 14.4 Å². The van der Waals surface area contributed by atoms with Crippen molar-refractivity contribution in [1.82, 2.24) is 9.03 Å². The third-order valence-electron chi connectivity index (χ3n) is 4.58. The van der Waals surface area contributed by atoms with Crippen LogP contribution >= 0.6 is 0 Å². The van der Waals surface area contributed by atoms with Crippen LogP contribution in [-0.2, 0) is 19.8 Å². The maximum atomic E-state index is 14.6. The first kappa shape index (κ1) is 26.1. The quantitative estimate of drug-likeness (QED) is 0.362. The molecule has 1 aliphatic heterocycles. The normalized spacial score (nSPS) is 15.2. The molecule has 0 radical (unpaired) electrons. The molecule has 3 rings (SSSR count). The molecule has 2 aromatic rings. The lowest BCUT2D eigenvalue weighted by Crippen LogP contribution is -2.54. The Hall–Kier alpha value is -3.47. The number of anilines is 1. The number of fused-ring (bicyclic) bond motifs is 1. The third-order valence-corrected chi connectivity index (χ3v) is 6.02. The van der Waals surface area contributed by atoms with Crippen molar-refractivity contribution in [3.05, 3.63) is 47.0 Å². The first-order chi connectivity index (χ1) is 16.0. The lowest BCUT2D eigenvalue weighted by Gasteiger charge is -2.33. The Labute approximate surface area is 190 Å². The zero-order valence-corrected chi connectivity index (χ0v) is 18.0. The largest absolute Gasteiger partial charge is 0.482 e. The van der Waals surface area contributed by atoms with Gasteiger partial charge in [-0.2, -0.15) is 21.5 Å². The molecule has 0 unspecified atom stereocenters. The second kappa shape index (κ2) is 8.63. The van der Waals surface area contributed by atoms with E-state index < -0.39 is 92.1 Å². The standard InChI is InChI=1S/C18H11F8N3O5S/c1-28(2)35(32,33)27-10(30)5-29-8-3-6(7(19)4-9(8)34-18(25,26)17(29)31)11-12(20)14(22)16(24)15(23)13(11)21/h3-4H,5H2,1-2H3,(H,27,30). The molecule has 0 saturated heterocycles. The van der Waals surface area contributed by atoms with E-state index in [0.29, 0.717) is 4.31 Å². The van der Waals surface area contributed by atoms with Crippen molar-refractivity contribution < 1.29 is 57.9 Å². The van der Waals surface area contributed by atoms with E-state index in [1.54, 1.807) is 0 Å². The second-order valence-corrected chi connectivity index (χ2v) is 8.95. The van der Waals surface area contributed by atoms with E-state index in [0.717, 1.165) is 14.1 Å². The van der Waals surface area contributed by atoms with Crippen LogP contribution in [-0.4, -0.2) is 51.3 Å². The number of nitrogens with one attached hydrogen (secondary N) is 1. The zero-order valence-electron chi connectivity index (χ0n) is 17.2. The van der Waals surface area contributed by atoms with Gasteiger partial charge in [-0.25, -0.2) is 31.1 Å². The van der Waals surface area contributed by atoms with Crippen LogP contribution in [0.4, 0.5) is 40.8 Å². The summed E-state index contributed by atoms with van der Waals surface area (Å²) >= 11 is 0. The summed E-state index contributed by atoms with van der Waals surface area (Å²) in [5.74, 6) is -19.2. The Balaban J connectivity index is 2.18. The first-order valence-corrected chi connectivity index (χ1v) is 10.4.